The lowest BCUT2D eigenvalue weighted by molar-refractivity contribution is 0.153. The predicted octanol–water partition coefficient (Wildman–Crippen LogP) is 2.33. The second-order valence-corrected chi connectivity index (χ2v) is 5.60. The van der Waals surface area contributed by atoms with Crippen molar-refractivity contribution < 1.29 is 4.79 Å². The Morgan fingerprint density at radius 2 is 2.20 bits per heavy atom. The van der Waals surface area contributed by atoms with Crippen molar-refractivity contribution in [1.82, 2.24) is 10.2 Å². The molecule has 2 amide bonds. The number of carbonyl (C=O) groups excluding carboxylic acids is 1. The lowest BCUT2D eigenvalue weighted by atomic mass is 10.0. The molecule has 0 spiro atoms. The van der Waals surface area contributed by atoms with Crippen molar-refractivity contribution in [3.8, 4) is 0 Å². The quantitative estimate of drug-likeness (QED) is 0.889. The van der Waals surface area contributed by atoms with E-state index in [2.05, 4.69) is 31.3 Å². The molecule has 1 aliphatic heterocycles. The van der Waals surface area contributed by atoms with E-state index >= 15 is 0 Å². The van der Waals surface area contributed by atoms with Gasteiger partial charge in [0.05, 0.1) is 0 Å². The van der Waals surface area contributed by atoms with E-state index in [1.165, 1.54) is 23.1 Å². The van der Waals surface area contributed by atoms with E-state index in [1.807, 2.05) is 11.0 Å². The van der Waals surface area contributed by atoms with E-state index in [1.54, 1.807) is 0 Å². The number of piperidine rings is 1. The number of nitrogens with zero attached hydrogens (tertiary/aromatic N) is 1. The molecule has 1 unspecified atom stereocenters. The molecule has 1 aromatic carbocycles. The van der Waals surface area contributed by atoms with Gasteiger partial charge in [0.25, 0.3) is 0 Å². The van der Waals surface area contributed by atoms with E-state index in [0.717, 1.165) is 19.4 Å². The maximum absolute atomic E-state index is 12.3. The van der Waals surface area contributed by atoms with E-state index in [4.69, 9.17) is 5.73 Å². The third kappa shape index (κ3) is 3.31. The summed E-state index contributed by atoms with van der Waals surface area (Å²) in [5, 5.41) is 3.03. The minimum atomic E-state index is 0.0149. The van der Waals surface area contributed by atoms with Gasteiger partial charge in [-0.1, -0.05) is 18.2 Å². The average Bonchev–Trinajstić information content (AvgIpc) is 2.48. The Bertz CT molecular complexity index is 473. The molecule has 0 radical (unpaired) electrons. The fourth-order valence-corrected chi connectivity index (χ4v) is 2.79. The number of hydrogen-bond donors (Lipinski definition) is 2. The molecular formula is C16H25N3O. The number of amides is 2. The summed E-state index contributed by atoms with van der Waals surface area (Å²) in [5.41, 5.74) is 9.45. The van der Waals surface area contributed by atoms with Gasteiger partial charge in [-0.3, -0.25) is 0 Å². The van der Waals surface area contributed by atoms with E-state index < -0.39 is 0 Å². The van der Waals surface area contributed by atoms with Crippen LogP contribution in [0.1, 0.15) is 36.0 Å². The first-order chi connectivity index (χ1) is 9.63. The van der Waals surface area contributed by atoms with Gasteiger partial charge in [0.1, 0.15) is 0 Å². The topological polar surface area (TPSA) is 58.4 Å². The van der Waals surface area contributed by atoms with Gasteiger partial charge in [0, 0.05) is 25.7 Å². The van der Waals surface area contributed by atoms with Crippen molar-refractivity contribution in [1.29, 1.82) is 0 Å². The maximum atomic E-state index is 12.3. The fraction of sp³-hybridized carbons (Fsp3) is 0.562. The number of aryl methyl sites for hydroxylation is 1. The number of carbonyl (C=O) groups is 1. The van der Waals surface area contributed by atoms with Crippen LogP contribution in [-0.4, -0.2) is 30.1 Å². The van der Waals surface area contributed by atoms with Crippen molar-refractivity contribution in [3.63, 3.8) is 0 Å². The number of rotatable bonds is 3. The summed E-state index contributed by atoms with van der Waals surface area (Å²) in [4.78, 5) is 14.2. The molecule has 1 atom stereocenters. The van der Waals surface area contributed by atoms with Crippen LogP contribution in [0.2, 0.25) is 0 Å². The third-order valence-electron chi connectivity index (χ3n) is 4.31. The van der Waals surface area contributed by atoms with Gasteiger partial charge in [-0.25, -0.2) is 4.79 Å². The zero-order valence-corrected chi connectivity index (χ0v) is 12.5. The smallest absolute Gasteiger partial charge is 0.317 e. The molecule has 3 N–H and O–H groups in total. The van der Waals surface area contributed by atoms with Crippen LogP contribution in [0.15, 0.2) is 18.2 Å². The van der Waals surface area contributed by atoms with Crippen LogP contribution < -0.4 is 11.1 Å². The Balaban J connectivity index is 1.96. The molecular weight excluding hydrogens is 250 g/mol. The van der Waals surface area contributed by atoms with Crippen LogP contribution in [0.4, 0.5) is 4.79 Å². The summed E-state index contributed by atoms with van der Waals surface area (Å²) in [6.07, 6.45) is 3.27. The summed E-state index contributed by atoms with van der Waals surface area (Å²) >= 11 is 0. The van der Waals surface area contributed by atoms with Crippen molar-refractivity contribution in [2.45, 2.75) is 45.7 Å². The highest BCUT2D eigenvalue weighted by Gasteiger charge is 2.25. The Kier molecular flexibility index (Phi) is 5.01. The highest BCUT2D eigenvalue weighted by molar-refractivity contribution is 5.74. The van der Waals surface area contributed by atoms with Gasteiger partial charge >= 0.3 is 6.03 Å². The Hall–Kier alpha value is -1.55. The molecule has 4 nitrogen and oxygen atoms in total. The van der Waals surface area contributed by atoms with Gasteiger partial charge < -0.3 is 16.0 Å². The van der Waals surface area contributed by atoms with E-state index in [0.29, 0.717) is 13.1 Å². The molecule has 0 saturated carbocycles. The lowest BCUT2D eigenvalue weighted by Gasteiger charge is -2.35. The number of hydrogen-bond acceptors (Lipinski definition) is 2. The summed E-state index contributed by atoms with van der Waals surface area (Å²) in [7, 11) is 0. The molecule has 110 valence electrons. The van der Waals surface area contributed by atoms with Gasteiger partial charge in [0.15, 0.2) is 0 Å². The largest absolute Gasteiger partial charge is 0.334 e. The minimum Gasteiger partial charge on any atom is -0.334 e. The monoisotopic (exact) mass is 275 g/mol. The zero-order valence-electron chi connectivity index (χ0n) is 12.5. The second-order valence-electron chi connectivity index (χ2n) is 5.60. The summed E-state index contributed by atoms with van der Waals surface area (Å²) < 4.78 is 0. The van der Waals surface area contributed by atoms with E-state index in [9.17, 15) is 4.79 Å². The highest BCUT2D eigenvalue weighted by Crippen LogP contribution is 2.17. The standard InChI is InChI=1S/C16H25N3O/c1-12-6-5-7-14(13(12)2)11-18-16(20)19-9-4-3-8-15(19)10-17/h5-7,15H,3-4,8-11,17H2,1-2H3,(H,18,20). The Morgan fingerprint density at radius 3 is 2.95 bits per heavy atom. The average molecular weight is 275 g/mol. The normalized spacial score (nSPS) is 18.9. The summed E-state index contributed by atoms with van der Waals surface area (Å²) in [6.45, 7) is 6.15. The molecule has 1 aliphatic rings. The lowest BCUT2D eigenvalue weighted by Crippen LogP contribution is -2.51. The third-order valence-corrected chi connectivity index (χ3v) is 4.31. The first-order valence-electron chi connectivity index (χ1n) is 7.43. The first-order valence-corrected chi connectivity index (χ1v) is 7.43. The number of nitrogens with one attached hydrogen (secondary N) is 1. The van der Waals surface area contributed by atoms with Crippen molar-refractivity contribution in [3.05, 3.63) is 34.9 Å². The Labute approximate surface area is 121 Å². The summed E-state index contributed by atoms with van der Waals surface area (Å²) in [6, 6.07) is 6.41. The summed E-state index contributed by atoms with van der Waals surface area (Å²) in [5.74, 6) is 0. The van der Waals surface area contributed by atoms with Gasteiger partial charge in [-0.05, 0) is 49.8 Å². The SMILES string of the molecule is Cc1cccc(CNC(=O)N2CCCCC2CN)c1C. The van der Waals surface area contributed by atoms with Crippen LogP contribution >= 0.6 is 0 Å². The molecule has 0 aliphatic carbocycles. The zero-order chi connectivity index (χ0) is 14.5. The van der Waals surface area contributed by atoms with Crippen LogP contribution in [-0.2, 0) is 6.54 Å². The highest BCUT2D eigenvalue weighted by atomic mass is 16.2. The molecule has 1 fully saturated rings. The molecule has 0 bridgehead atoms. The number of benzene rings is 1. The second kappa shape index (κ2) is 6.75. The molecule has 1 heterocycles. The van der Waals surface area contributed by atoms with Crippen LogP contribution in [0, 0.1) is 13.8 Å². The van der Waals surface area contributed by atoms with Gasteiger partial charge in [-0.2, -0.15) is 0 Å². The van der Waals surface area contributed by atoms with Crippen LogP contribution in [0.25, 0.3) is 0 Å². The van der Waals surface area contributed by atoms with Crippen molar-refractivity contribution >= 4 is 6.03 Å². The minimum absolute atomic E-state index is 0.0149. The van der Waals surface area contributed by atoms with Gasteiger partial charge in [-0.15, -0.1) is 0 Å². The van der Waals surface area contributed by atoms with E-state index in [-0.39, 0.29) is 12.1 Å². The molecule has 0 aromatic heterocycles. The number of urea groups is 1. The maximum Gasteiger partial charge on any atom is 0.317 e. The van der Waals surface area contributed by atoms with Crippen LogP contribution in [0.5, 0.6) is 0 Å². The fourth-order valence-electron chi connectivity index (χ4n) is 2.79. The van der Waals surface area contributed by atoms with Crippen molar-refractivity contribution in [2.24, 2.45) is 5.73 Å². The molecule has 1 aromatic rings. The Morgan fingerprint density at radius 1 is 1.40 bits per heavy atom. The van der Waals surface area contributed by atoms with Gasteiger partial charge in [0.2, 0.25) is 0 Å². The first kappa shape index (κ1) is 14.9. The molecule has 4 heteroatoms. The predicted molar refractivity (Wildman–Crippen MR) is 81.6 cm³/mol. The molecule has 20 heavy (non-hydrogen) atoms. The van der Waals surface area contributed by atoms with Crippen molar-refractivity contribution in [2.75, 3.05) is 13.1 Å². The molecule has 2 rings (SSSR count). The number of likely N-dealkylation sites (tertiary alicyclic amines) is 1. The molecule has 1 saturated heterocycles. The van der Waals surface area contributed by atoms with Crippen LogP contribution in [0.3, 0.4) is 0 Å². The number of nitrogens with two attached hydrogens (primary N) is 1.